The first-order valence-corrected chi connectivity index (χ1v) is 7.84. The van der Waals surface area contributed by atoms with Gasteiger partial charge in [-0.05, 0) is 43.9 Å². The summed E-state index contributed by atoms with van der Waals surface area (Å²) in [5.41, 5.74) is 3.76. The highest BCUT2D eigenvalue weighted by Gasteiger charge is 2.15. The third kappa shape index (κ3) is 3.43. The number of hydrogen-bond acceptors (Lipinski definition) is 1. The highest BCUT2D eigenvalue weighted by molar-refractivity contribution is 6.18. The first-order valence-electron chi connectivity index (χ1n) is 7.31. The van der Waals surface area contributed by atoms with Crippen LogP contribution in [0.4, 0.5) is 0 Å². The van der Waals surface area contributed by atoms with Crippen molar-refractivity contribution in [2.24, 2.45) is 0 Å². The average molecular weight is 291 g/mol. The summed E-state index contributed by atoms with van der Waals surface area (Å²) in [4.78, 5) is 0. The van der Waals surface area contributed by atoms with E-state index in [2.05, 4.69) is 67.1 Å². The summed E-state index contributed by atoms with van der Waals surface area (Å²) < 4.78 is 2.05. The molecule has 1 aromatic carbocycles. The second-order valence-electron chi connectivity index (χ2n) is 5.46. The van der Waals surface area contributed by atoms with Gasteiger partial charge in [0.1, 0.15) is 0 Å². The summed E-state index contributed by atoms with van der Waals surface area (Å²) >= 11 is 6.19. The molecule has 2 rings (SSSR count). The summed E-state index contributed by atoms with van der Waals surface area (Å²) in [7, 11) is 0. The Morgan fingerprint density at radius 1 is 1.25 bits per heavy atom. The van der Waals surface area contributed by atoms with Crippen molar-refractivity contribution in [1.82, 2.24) is 9.78 Å². The number of alkyl halides is 1. The van der Waals surface area contributed by atoms with Crippen LogP contribution in [-0.2, 0) is 6.42 Å². The second kappa shape index (κ2) is 6.94. The van der Waals surface area contributed by atoms with Crippen LogP contribution in [0.15, 0.2) is 36.5 Å². The van der Waals surface area contributed by atoms with Crippen molar-refractivity contribution in [2.75, 3.05) is 5.88 Å². The van der Waals surface area contributed by atoms with Gasteiger partial charge in [-0.1, -0.05) is 31.2 Å². The molecule has 0 fully saturated rings. The van der Waals surface area contributed by atoms with Crippen LogP contribution in [0.5, 0.6) is 0 Å². The monoisotopic (exact) mass is 290 g/mol. The van der Waals surface area contributed by atoms with Crippen LogP contribution in [0, 0.1) is 6.92 Å². The highest BCUT2D eigenvalue weighted by Crippen LogP contribution is 2.25. The molecular formula is C17H23ClN2. The van der Waals surface area contributed by atoms with Gasteiger partial charge in [-0.3, -0.25) is 4.68 Å². The molecule has 0 spiro atoms. The van der Waals surface area contributed by atoms with Gasteiger partial charge < -0.3 is 0 Å². The lowest BCUT2D eigenvalue weighted by molar-refractivity contribution is 0.472. The van der Waals surface area contributed by atoms with Crippen molar-refractivity contribution in [3.05, 3.63) is 53.3 Å². The molecule has 0 radical (unpaired) electrons. The molecule has 0 saturated carbocycles. The van der Waals surface area contributed by atoms with Crippen molar-refractivity contribution in [1.29, 1.82) is 0 Å². The first kappa shape index (κ1) is 15.1. The Kier molecular flexibility index (Phi) is 5.24. The van der Waals surface area contributed by atoms with Crippen molar-refractivity contribution in [2.45, 2.75) is 45.6 Å². The maximum absolute atomic E-state index is 6.19. The van der Waals surface area contributed by atoms with E-state index in [-0.39, 0.29) is 0 Å². The number of halogens is 1. The van der Waals surface area contributed by atoms with Crippen LogP contribution in [-0.4, -0.2) is 15.7 Å². The predicted molar refractivity (Wildman–Crippen MR) is 85.6 cm³/mol. The second-order valence-corrected chi connectivity index (χ2v) is 5.76. The van der Waals surface area contributed by atoms with Crippen LogP contribution in [0.25, 0.3) is 0 Å². The highest BCUT2D eigenvalue weighted by atomic mass is 35.5. The van der Waals surface area contributed by atoms with E-state index in [1.54, 1.807) is 0 Å². The van der Waals surface area contributed by atoms with Crippen LogP contribution in [0.1, 0.15) is 49.0 Å². The maximum Gasteiger partial charge on any atom is 0.0631 e. The number of aryl methyl sites for hydroxylation is 1. The Morgan fingerprint density at radius 3 is 2.65 bits per heavy atom. The molecule has 2 nitrogen and oxygen atoms in total. The van der Waals surface area contributed by atoms with Crippen LogP contribution < -0.4 is 0 Å². The van der Waals surface area contributed by atoms with E-state index >= 15 is 0 Å². The summed E-state index contributed by atoms with van der Waals surface area (Å²) in [6, 6.07) is 11.0. The first-order chi connectivity index (χ1) is 9.65. The van der Waals surface area contributed by atoms with Crippen molar-refractivity contribution < 1.29 is 0 Å². The van der Waals surface area contributed by atoms with Gasteiger partial charge in [0.05, 0.1) is 5.69 Å². The van der Waals surface area contributed by atoms with Crippen LogP contribution in [0.3, 0.4) is 0 Å². The van der Waals surface area contributed by atoms with Gasteiger partial charge in [-0.2, -0.15) is 5.10 Å². The van der Waals surface area contributed by atoms with Crippen molar-refractivity contribution in [3.8, 4) is 0 Å². The molecule has 0 saturated heterocycles. The largest absolute Gasteiger partial charge is 0.270 e. The Bertz CT molecular complexity index is 547. The molecule has 2 atom stereocenters. The van der Waals surface area contributed by atoms with Crippen LogP contribution >= 0.6 is 11.6 Å². The average Bonchev–Trinajstić information content (AvgIpc) is 2.93. The van der Waals surface area contributed by atoms with E-state index in [1.807, 2.05) is 0 Å². The topological polar surface area (TPSA) is 17.8 Å². The summed E-state index contributed by atoms with van der Waals surface area (Å²) in [5.74, 6) is 0.958. The number of aromatic nitrogens is 2. The van der Waals surface area contributed by atoms with Gasteiger partial charge >= 0.3 is 0 Å². The van der Waals surface area contributed by atoms with E-state index in [0.29, 0.717) is 17.8 Å². The molecule has 0 amide bonds. The fraction of sp³-hybridized carbons (Fsp3) is 0.471. The van der Waals surface area contributed by atoms with E-state index in [4.69, 9.17) is 11.6 Å². The lowest BCUT2D eigenvalue weighted by Gasteiger charge is -2.16. The normalized spacial score (nSPS) is 14.2. The fourth-order valence-electron chi connectivity index (χ4n) is 2.46. The summed E-state index contributed by atoms with van der Waals surface area (Å²) in [6.45, 7) is 6.52. The molecule has 3 heteroatoms. The minimum absolute atomic E-state index is 0.332. The SMILES string of the molecule is CCC(C)n1ccc(CC(CCl)c2ccccc2C)n1. The van der Waals surface area contributed by atoms with Crippen LogP contribution in [0.2, 0.25) is 0 Å². The minimum atomic E-state index is 0.332. The lowest BCUT2D eigenvalue weighted by atomic mass is 9.92. The van der Waals surface area contributed by atoms with Gasteiger partial charge in [-0.25, -0.2) is 0 Å². The smallest absolute Gasteiger partial charge is 0.0631 e. The lowest BCUT2D eigenvalue weighted by Crippen LogP contribution is -2.09. The number of hydrogen-bond donors (Lipinski definition) is 0. The molecule has 108 valence electrons. The molecule has 1 aromatic heterocycles. The number of rotatable bonds is 6. The van der Waals surface area contributed by atoms with E-state index in [1.165, 1.54) is 11.1 Å². The van der Waals surface area contributed by atoms with Crippen molar-refractivity contribution in [3.63, 3.8) is 0 Å². The zero-order chi connectivity index (χ0) is 14.5. The molecule has 2 aromatic rings. The molecule has 0 aliphatic rings. The van der Waals surface area contributed by atoms with Gasteiger partial charge in [0.2, 0.25) is 0 Å². The molecule has 0 aliphatic heterocycles. The number of benzene rings is 1. The zero-order valence-electron chi connectivity index (χ0n) is 12.5. The van der Waals surface area contributed by atoms with Gasteiger partial charge in [0.15, 0.2) is 0 Å². The van der Waals surface area contributed by atoms with Gasteiger partial charge in [-0.15, -0.1) is 11.6 Å². The molecule has 0 aliphatic carbocycles. The molecule has 20 heavy (non-hydrogen) atoms. The van der Waals surface area contributed by atoms with E-state index in [9.17, 15) is 0 Å². The Hall–Kier alpha value is -1.28. The Morgan fingerprint density at radius 2 is 2.00 bits per heavy atom. The molecule has 0 bridgehead atoms. The predicted octanol–water partition coefficient (Wildman–Crippen LogP) is 4.73. The van der Waals surface area contributed by atoms with E-state index < -0.39 is 0 Å². The van der Waals surface area contributed by atoms with Crippen molar-refractivity contribution >= 4 is 11.6 Å². The third-order valence-electron chi connectivity index (χ3n) is 3.98. The molecular weight excluding hydrogens is 268 g/mol. The molecule has 2 unspecified atom stereocenters. The summed E-state index contributed by atoms with van der Waals surface area (Å²) in [5, 5.41) is 4.68. The van der Waals surface area contributed by atoms with Gasteiger partial charge in [0, 0.05) is 24.0 Å². The molecule has 1 heterocycles. The molecule has 0 N–H and O–H groups in total. The summed E-state index contributed by atoms with van der Waals surface area (Å²) in [6.07, 6.45) is 4.07. The minimum Gasteiger partial charge on any atom is -0.270 e. The Labute approximate surface area is 126 Å². The standard InChI is InChI=1S/C17H23ClN2/c1-4-14(3)20-10-9-16(19-20)11-15(12-18)17-8-6-5-7-13(17)2/h5-10,14-15H,4,11-12H2,1-3H3. The quantitative estimate of drug-likeness (QED) is 0.703. The third-order valence-corrected chi connectivity index (χ3v) is 4.35. The van der Waals surface area contributed by atoms with E-state index in [0.717, 1.165) is 18.5 Å². The fourth-order valence-corrected chi connectivity index (χ4v) is 2.74. The van der Waals surface area contributed by atoms with Gasteiger partial charge in [0.25, 0.3) is 0 Å². The zero-order valence-corrected chi connectivity index (χ0v) is 13.3. The number of nitrogens with zero attached hydrogens (tertiary/aromatic N) is 2. The Balaban J connectivity index is 2.15. The maximum atomic E-state index is 6.19.